The summed E-state index contributed by atoms with van der Waals surface area (Å²) in [6, 6.07) is 6.72. The number of piperidine rings is 1. The van der Waals surface area contributed by atoms with E-state index in [9.17, 15) is 0 Å². The van der Waals surface area contributed by atoms with Gasteiger partial charge in [-0.3, -0.25) is 0 Å². The van der Waals surface area contributed by atoms with Crippen LogP contribution >= 0.6 is 0 Å². The Morgan fingerprint density at radius 2 is 2.20 bits per heavy atom. The van der Waals surface area contributed by atoms with E-state index < -0.39 is 0 Å². The van der Waals surface area contributed by atoms with E-state index >= 15 is 0 Å². The summed E-state index contributed by atoms with van der Waals surface area (Å²) in [5, 5.41) is 0. The Morgan fingerprint density at radius 1 is 1.35 bits per heavy atom. The standard InChI is InChI=1S/C16H24N4/c1-12-7-10-19(13(2)11-12)16-14(6-8-17)20-9-4-3-5-15(20)18-16/h3-5,9,12-13H,6-8,10-11,17H2,1-2H3. The highest BCUT2D eigenvalue weighted by atomic mass is 15.3. The van der Waals surface area contributed by atoms with Gasteiger partial charge in [-0.15, -0.1) is 0 Å². The highest BCUT2D eigenvalue weighted by Crippen LogP contribution is 2.30. The minimum atomic E-state index is 0.556. The third-order valence-corrected chi connectivity index (χ3v) is 4.40. The molecule has 0 aromatic carbocycles. The van der Waals surface area contributed by atoms with Crippen molar-refractivity contribution in [2.75, 3.05) is 18.0 Å². The van der Waals surface area contributed by atoms with Crippen molar-refractivity contribution in [1.82, 2.24) is 9.38 Å². The maximum absolute atomic E-state index is 5.81. The molecule has 2 N–H and O–H groups in total. The molecule has 1 fully saturated rings. The van der Waals surface area contributed by atoms with Gasteiger partial charge in [0.15, 0.2) is 5.82 Å². The predicted molar refractivity (Wildman–Crippen MR) is 83.2 cm³/mol. The normalized spacial score (nSPS) is 23.4. The molecule has 3 rings (SSSR count). The second kappa shape index (κ2) is 5.44. The third kappa shape index (κ3) is 2.29. The maximum Gasteiger partial charge on any atom is 0.151 e. The lowest BCUT2D eigenvalue weighted by atomic mass is 9.93. The average molecular weight is 272 g/mol. The second-order valence-electron chi connectivity index (χ2n) is 6.02. The SMILES string of the molecule is CC1CCN(c2nc3ccccn3c2CCN)C(C)C1. The summed E-state index contributed by atoms with van der Waals surface area (Å²) in [6.07, 6.45) is 5.46. The van der Waals surface area contributed by atoms with Gasteiger partial charge in [0.2, 0.25) is 0 Å². The number of hydrogen-bond acceptors (Lipinski definition) is 3. The van der Waals surface area contributed by atoms with Crippen LogP contribution in [0.4, 0.5) is 5.82 Å². The summed E-state index contributed by atoms with van der Waals surface area (Å²) in [4.78, 5) is 7.33. The van der Waals surface area contributed by atoms with E-state index in [0.29, 0.717) is 12.6 Å². The molecule has 0 saturated carbocycles. The molecule has 0 bridgehead atoms. The van der Waals surface area contributed by atoms with Crippen molar-refractivity contribution in [3.05, 3.63) is 30.1 Å². The molecule has 4 heteroatoms. The molecular formula is C16H24N4. The summed E-state index contributed by atoms with van der Waals surface area (Å²) < 4.78 is 2.19. The Balaban J connectivity index is 2.03. The zero-order valence-electron chi connectivity index (χ0n) is 12.4. The molecular weight excluding hydrogens is 248 g/mol. The van der Waals surface area contributed by atoms with Crippen LogP contribution in [-0.2, 0) is 6.42 Å². The third-order valence-electron chi connectivity index (χ3n) is 4.40. The minimum absolute atomic E-state index is 0.556. The van der Waals surface area contributed by atoms with Gasteiger partial charge in [0, 0.05) is 25.2 Å². The highest BCUT2D eigenvalue weighted by Gasteiger charge is 2.27. The Hall–Kier alpha value is -1.55. The van der Waals surface area contributed by atoms with E-state index in [1.54, 1.807) is 0 Å². The van der Waals surface area contributed by atoms with Gasteiger partial charge in [0.05, 0.1) is 5.69 Å². The van der Waals surface area contributed by atoms with Crippen molar-refractivity contribution in [3.63, 3.8) is 0 Å². The summed E-state index contributed by atoms with van der Waals surface area (Å²) in [7, 11) is 0. The number of anilines is 1. The monoisotopic (exact) mass is 272 g/mol. The fourth-order valence-corrected chi connectivity index (χ4v) is 3.36. The number of hydrogen-bond donors (Lipinski definition) is 1. The molecule has 0 radical (unpaired) electrons. The second-order valence-corrected chi connectivity index (χ2v) is 6.02. The molecule has 0 aliphatic carbocycles. The van der Waals surface area contributed by atoms with Gasteiger partial charge in [0.1, 0.15) is 5.65 Å². The molecule has 1 saturated heterocycles. The quantitative estimate of drug-likeness (QED) is 0.933. The van der Waals surface area contributed by atoms with Gasteiger partial charge in [-0.05, 0) is 44.4 Å². The zero-order chi connectivity index (χ0) is 14.1. The summed E-state index contributed by atoms with van der Waals surface area (Å²) >= 11 is 0. The van der Waals surface area contributed by atoms with Crippen molar-refractivity contribution in [1.29, 1.82) is 0 Å². The lowest BCUT2D eigenvalue weighted by molar-refractivity contribution is 0.375. The first kappa shape index (κ1) is 13.4. The van der Waals surface area contributed by atoms with E-state index in [4.69, 9.17) is 10.7 Å². The van der Waals surface area contributed by atoms with E-state index in [2.05, 4.69) is 41.5 Å². The number of nitrogens with zero attached hydrogens (tertiary/aromatic N) is 3. The molecule has 2 aromatic heterocycles. The Bertz CT molecular complexity index is 589. The molecule has 1 aliphatic rings. The molecule has 2 atom stereocenters. The molecule has 2 unspecified atom stereocenters. The summed E-state index contributed by atoms with van der Waals surface area (Å²) in [5.41, 5.74) is 8.09. The van der Waals surface area contributed by atoms with Crippen LogP contribution in [-0.4, -0.2) is 28.5 Å². The van der Waals surface area contributed by atoms with Crippen LogP contribution in [0.3, 0.4) is 0 Å². The molecule has 2 aromatic rings. The Labute approximate surface area is 120 Å². The lowest BCUT2D eigenvalue weighted by Gasteiger charge is -2.37. The first-order chi connectivity index (χ1) is 9.70. The van der Waals surface area contributed by atoms with Gasteiger partial charge < -0.3 is 15.0 Å². The first-order valence-corrected chi connectivity index (χ1v) is 7.63. The van der Waals surface area contributed by atoms with Crippen LogP contribution < -0.4 is 10.6 Å². The number of nitrogens with two attached hydrogens (primary N) is 1. The Kier molecular flexibility index (Phi) is 3.66. The van der Waals surface area contributed by atoms with Crippen LogP contribution in [0.1, 0.15) is 32.4 Å². The largest absolute Gasteiger partial charge is 0.352 e. The predicted octanol–water partition coefficient (Wildman–Crippen LogP) is 2.46. The Morgan fingerprint density at radius 3 is 2.95 bits per heavy atom. The van der Waals surface area contributed by atoms with Gasteiger partial charge in [0.25, 0.3) is 0 Å². The summed E-state index contributed by atoms with van der Waals surface area (Å²) in [6.45, 7) is 6.42. The van der Waals surface area contributed by atoms with Gasteiger partial charge in [-0.25, -0.2) is 4.98 Å². The lowest BCUT2D eigenvalue weighted by Crippen LogP contribution is -2.41. The number of imidazole rings is 1. The van der Waals surface area contributed by atoms with Gasteiger partial charge in [-0.2, -0.15) is 0 Å². The van der Waals surface area contributed by atoms with Gasteiger partial charge >= 0.3 is 0 Å². The summed E-state index contributed by atoms with van der Waals surface area (Å²) in [5.74, 6) is 1.96. The number of fused-ring (bicyclic) bond motifs is 1. The first-order valence-electron chi connectivity index (χ1n) is 7.63. The van der Waals surface area contributed by atoms with Crippen LogP contribution in [0.25, 0.3) is 5.65 Å². The molecule has 0 spiro atoms. The minimum Gasteiger partial charge on any atom is -0.352 e. The number of aromatic nitrogens is 2. The van der Waals surface area contributed by atoms with Crippen molar-refractivity contribution in [2.45, 2.75) is 39.2 Å². The molecule has 108 valence electrons. The van der Waals surface area contributed by atoms with Crippen molar-refractivity contribution < 1.29 is 0 Å². The van der Waals surface area contributed by atoms with Crippen LogP contribution in [0.5, 0.6) is 0 Å². The van der Waals surface area contributed by atoms with Crippen LogP contribution in [0.15, 0.2) is 24.4 Å². The van der Waals surface area contributed by atoms with E-state index in [0.717, 1.165) is 30.3 Å². The molecule has 1 aliphatic heterocycles. The van der Waals surface area contributed by atoms with E-state index in [1.807, 2.05) is 6.07 Å². The van der Waals surface area contributed by atoms with Crippen molar-refractivity contribution >= 4 is 11.5 Å². The van der Waals surface area contributed by atoms with Gasteiger partial charge in [-0.1, -0.05) is 13.0 Å². The van der Waals surface area contributed by atoms with Crippen molar-refractivity contribution in [2.24, 2.45) is 11.7 Å². The molecule has 20 heavy (non-hydrogen) atoms. The molecule has 4 nitrogen and oxygen atoms in total. The molecule has 0 amide bonds. The van der Waals surface area contributed by atoms with E-state index in [1.165, 1.54) is 18.5 Å². The van der Waals surface area contributed by atoms with E-state index in [-0.39, 0.29) is 0 Å². The number of rotatable bonds is 3. The smallest absolute Gasteiger partial charge is 0.151 e. The maximum atomic E-state index is 5.81. The fourth-order valence-electron chi connectivity index (χ4n) is 3.36. The van der Waals surface area contributed by atoms with Crippen LogP contribution in [0.2, 0.25) is 0 Å². The van der Waals surface area contributed by atoms with Crippen molar-refractivity contribution in [3.8, 4) is 0 Å². The fraction of sp³-hybridized carbons (Fsp3) is 0.562. The topological polar surface area (TPSA) is 46.6 Å². The molecule has 3 heterocycles. The zero-order valence-corrected chi connectivity index (χ0v) is 12.4. The average Bonchev–Trinajstić information content (AvgIpc) is 2.78. The highest BCUT2D eigenvalue weighted by molar-refractivity contribution is 5.56. The number of pyridine rings is 1. The van der Waals surface area contributed by atoms with Crippen LogP contribution in [0, 0.1) is 5.92 Å².